The second-order valence-electron chi connectivity index (χ2n) is 7.32. The number of benzene rings is 3. The maximum Gasteiger partial charge on any atom is 0.250 e. The van der Waals surface area contributed by atoms with Crippen molar-refractivity contribution in [3.05, 3.63) is 87.4 Å². The molecule has 0 fully saturated rings. The highest BCUT2D eigenvalue weighted by Gasteiger charge is 2.17. The molecule has 36 heavy (non-hydrogen) atoms. The largest absolute Gasteiger partial charge is 0.494 e. The number of nitrogens with one attached hydrogen (secondary N) is 1. The van der Waals surface area contributed by atoms with Crippen molar-refractivity contribution in [3.63, 3.8) is 0 Å². The topological polar surface area (TPSA) is 81.4 Å². The molecule has 11 heteroatoms. The fourth-order valence-electron chi connectivity index (χ4n) is 3.18. The number of rotatable bonds is 9. The van der Waals surface area contributed by atoms with Crippen molar-refractivity contribution in [3.8, 4) is 22.8 Å². The van der Waals surface area contributed by atoms with Crippen LogP contribution < -0.4 is 10.2 Å². The Labute approximate surface area is 227 Å². The molecular formula is C25H20Cl3N5O2S. The number of amides is 1. The summed E-state index contributed by atoms with van der Waals surface area (Å²) in [6, 6.07) is 19.9. The van der Waals surface area contributed by atoms with E-state index in [1.165, 1.54) is 18.0 Å². The van der Waals surface area contributed by atoms with E-state index in [0.29, 0.717) is 38.2 Å². The highest BCUT2D eigenvalue weighted by Crippen LogP contribution is 2.29. The van der Waals surface area contributed by atoms with Crippen LogP contribution in [-0.4, -0.2) is 39.2 Å². The molecule has 0 aliphatic carbocycles. The summed E-state index contributed by atoms with van der Waals surface area (Å²) >= 11 is 19.3. The van der Waals surface area contributed by atoms with Gasteiger partial charge in [0.2, 0.25) is 0 Å². The predicted molar refractivity (Wildman–Crippen MR) is 146 cm³/mol. The number of nitrogens with zero attached hydrogens (tertiary/aromatic N) is 4. The highest BCUT2D eigenvalue weighted by molar-refractivity contribution is 7.99. The number of halogens is 3. The number of ether oxygens (including phenoxy) is 1. The standard InChI is InChI=1S/C25H20Cl3N5O2S/c1-2-35-21-11-9-20(10-12-21)33-24(16-3-6-18(26)7-4-16)31-32-25(33)36-15-23(34)30-29-14-17-5-8-19(27)13-22(17)28/h3-14H,2,15H2,1H3,(H,30,34). The third-order valence-electron chi connectivity index (χ3n) is 4.83. The molecule has 184 valence electrons. The van der Waals surface area contributed by atoms with E-state index in [1.54, 1.807) is 30.3 Å². The number of hydrogen-bond donors (Lipinski definition) is 1. The zero-order valence-electron chi connectivity index (χ0n) is 19.0. The monoisotopic (exact) mass is 559 g/mol. The SMILES string of the molecule is CCOc1ccc(-n2c(SCC(=O)NN=Cc3ccc(Cl)cc3Cl)nnc2-c2ccc(Cl)cc2)cc1. The Morgan fingerprint density at radius 3 is 2.44 bits per heavy atom. The Kier molecular flexibility index (Phi) is 8.88. The molecule has 0 saturated heterocycles. The lowest BCUT2D eigenvalue weighted by Crippen LogP contribution is -2.20. The van der Waals surface area contributed by atoms with Crippen LogP contribution in [0, 0.1) is 0 Å². The lowest BCUT2D eigenvalue weighted by Gasteiger charge is -2.11. The Bertz CT molecular complexity index is 1380. The second kappa shape index (κ2) is 12.3. The molecule has 1 heterocycles. The van der Waals surface area contributed by atoms with E-state index in [-0.39, 0.29) is 11.7 Å². The minimum Gasteiger partial charge on any atom is -0.494 e. The molecule has 7 nitrogen and oxygen atoms in total. The number of thioether (sulfide) groups is 1. The van der Waals surface area contributed by atoms with Crippen LogP contribution in [0.3, 0.4) is 0 Å². The first kappa shape index (κ1) is 26.0. The number of carbonyl (C=O) groups excluding carboxylic acids is 1. The van der Waals surface area contributed by atoms with Gasteiger partial charge in [-0.25, -0.2) is 5.43 Å². The van der Waals surface area contributed by atoms with E-state index >= 15 is 0 Å². The molecule has 0 radical (unpaired) electrons. The minimum absolute atomic E-state index is 0.0709. The van der Waals surface area contributed by atoms with Gasteiger partial charge in [-0.1, -0.05) is 52.6 Å². The van der Waals surface area contributed by atoms with Crippen molar-refractivity contribution in [1.29, 1.82) is 0 Å². The average molecular weight is 561 g/mol. The molecule has 1 amide bonds. The first-order chi connectivity index (χ1) is 17.4. The number of aromatic nitrogens is 3. The summed E-state index contributed by atoms with van der Waals surface area (Å²) in [5, 5.41) is 14.8. The molecule has 0 unspecified atom stereocenters. The molecule has 1 aromatic heterocycles. The van der Waals surface area contributed by atoms with Gasteiger partial charge in [0.1, 0.15) is 5.75 Å². The third kappa shape index (κ3) is 6.59. The summed E-state index contributed by atoms with van der Waals surface area (Å²) in [7, 11) is 0. The Morgan fingerprint density at radius 2 is 1.75 bits per heavy atom. The van der Waals surface area contributed by atoms with Crippen LogP contribution in [0.4, 0.5) is 0 Å². The Balaban J connectivity index is 1.52. The summed E-state index contributed by atoms with van der Waals surface area (Å²) in [6.07, 6.45) is 1.46. The molecule has 0 aliphatic rings. The maximum absolute atomic E-state index is 12.4. The Morgan fingerprint density at radius 1 is 1.03 bits per heavy atom. The van der Waals surface area contributed by atoms with Crippen LogP contribution in [-0.2, 0) is 4.79 Å². The summed E-state index contributed by atoms with van der Waals surface area (Å²) in [5.41, 5.74) is 4.79. The maximum atomic E-state index is 12.4. The minimum atomic E-state index is -0.310. The van der Waals surface area contributed by atoms with Gasteiger partial charge in [0.15, 0.2) is 11.0 Å². The zero-order valence-corrected chi connectivity index (χ0v) is 22.1. The molecule has 0 spiro atoms. The summed E-state index contributed by atoms with van der Waals surface area (Å²) in [5.74, 6) is 1.14. The van der Waals surface area contributed by atoms with E-state index < -0.39 is 0 Å². The van der Waals surface area contributed by atoms with Gasteiger partial charge < -0.3 is 4.74 Å². The first-order valence-electron chi connectivity index (χ1n) is 10.8. The van der Waals surface area contributed by atoms with Crippen molar-refractivity contribution in [2.45, 2.75) is 12.1 Å². The van der Waals surface area contributed by atoms with Gasteiger partial charge in [-0.3, -0.25) is 9.36 Å². The molecule has 0 bridgehead atoms. The van der Waals surface area contributed by atoms with Crippen LogP contribution in [0.15, 0.2) is 77.0 Å². The second-order valence-corrected chi connectivity index (χ2v) is 9.55. The summed E-state index contributed by atoms with van der Waals surface area (Å²) in [4.78, 5) is 12.4. The fraction of sp³-hybridized carbons (Fsp3) is 0.120. The van der Waals surface area contributed by atoms with Crippen LogP contribution in [0.1, 0.15) is 12.5 Å². The lowest BCUT2D eigenvalue weighted by molar-refractivity contribution is -0.118. The molecule has 4 rings (SSSR count). The van der Waals surface area contributed by atoms with E-state index in [1.807, 2.05) is 47.9 Å². The van der Waals surface area contributed by atoms with Gasteiger partial charge in [-0.2, -0.15) is 5.10 Å². The quantitative estimate of drug-likeness (QED) is 0.143. The van der Waals surface area contributed by atoms with Gasteiger partial charge in [0.05, 0.1) is 23.6 Å². The molecule has 1 N–H and O–H groups in total. The summed E-state index contributed by atoms with van der Waals surface area (Å²) < 4.78 is 7.44. The van der Waals surface area contributed by atoms with E-state index in [9.17, 15) is 4.79 Å². The van der Waals surface area contributed by atoms with Gasteiger partial charge in [0, 0.05) is 26.9 Å². The van der Waals surface area contributed by atoms with Gasteiger partial charge >= 0.3 is 0 Å². The number of hydrazone groups is 1. The van der Waals surface area contributed by atoms with E-state index in [0.717, 1.165) is 17.0 Å². The zero-order chi connectivity index (χ0) is 25.5. The van der Waals surface area contributed by atoms with Crippen LogP contribution >= 0.6 is 46.6 Å². The molecular weight excluding hydrogens is 541 g/mol. The third-order valence-corrected chi connectivity index (χ3v) is 6.57. The predicted octanol–water partition coefficient (Wildman–Crippen LogP) is 6.54. The number of hydrogen-bond acceptors (Lipinski definition) is 6. The molecule has 3 aromatic carbocycles. The number of carbonyl (C=O) groups is 1. The van der Waals surface area contributed by atoms with Crippen molar-refractivity contribution in [2.24, 2.45) is 5.10 Å². The van der Waals surface area contributed by atoms with Crippen LogP contribution in [0.5, 0.6) is 5.75 Å². The van der Waals surface area contributed by atoms with Crippen LogP contribution in [0.25, 0.3) is 17.1 Å². The summed E-state index contributed by atoms with van der Waals surface area (Å²) in [6.45, 7) is 2.51. The molecule has 0 atom stereocenters. The van der Waals surface area contributed by atoms with E-state index in [2.05, 4.69) is 20.7 Å². The van der Waals surface area contributed by atoms with Crippen molar-refractivity contribution in [1.82, 2.24) is 20.2 Å². The van der Waals surface area contributed by atoms with Gasteiger partial charge in [-0.05, 0) is 67.6 Å². The average Bonchev–Trinajstić information content (AvgIpc) is 3.29. The molecule has 0 aliphatic heterocycles. The van der Waals surface area contributed by atoms with Crippen molar-refractivity contribution in [2.75, 3.05) is 12.4 Å². The molecule has 0 saturated carbocycles. The van der Waals surface area contributed by atoms with Crippen LogP contribution in [0.2, 0.25) is 15.1 Å². The van der Waals surface area contributed by atoms with E-state index in [4.69, 9.17) is 39.5 Å². The smallest absolute Gasteiger partial charge is 0.250 e. The lowest BCUT2D eigenvalue weighted by atomic mass is 10.2. The molecule has 4 aromatic rings. The Hall–Kier alpha value is -3.04. The van der Waals surface area contributed by atoms with Gasteiger partial charge in [-0.15, -0.1) is 10.2 Å². The first-order valence-corrected chi connectivity index (χ1v) is 12.9. The van der Waals surface area contributed by atoms with Crippen molar-refractivity contribution >= 4 is 58.7 Å². The van der Waals surface area contributed by atoms with Gasteiger partial charge in [0.25, 0.3) is 5.91 Å². The van der Waals surface area contributed by atoms with Crippen molar-refractivity contribution < 1.29 is 9.53 Å². The normalized spacial score (nSPS) is 11.1. The highest BCUT2D eigenvalue weighted by atomic mass is 35.5. The fourth-order valence-corrected chi connectivity index (χ4v) is 4.51.